The molecular formula is C17H23ClF2N2O3. The molecule has 8 heteroatoms. The Morgan fingerprint density at radius 3 is 2.68 bits per heavy atom. The number of nitrogens with zero attached hydrogens (tertiary/aromatic N) is 1. The molecule has 0 heterocycles. The van der Waals surface area contributed by atoms with Gasteiger partial charge >= 0.3 is 5.97 Å². The van der Waals surface area contributed by atoms with Crippen molar-refractivity contribution in [1.82, 2.24) is 0 Å². The first-order valence-electron chi connectivity index (χ1n) is 7.93. The molecule has 1 saturated carbocycles. The zero-order chi connectivity index (χ0) is 17.6. The third-order valence-corrected chi connectivity index (χ3v) is 4.29. The van der Waals surface area contributed by atoms with Gasteiger partial charge in [0.15, 0.2) is 5.60 Å². The van der Waals surface area contributed by atoms with Gasteiger partial charge < -0.3 is 15.6 Å². The van der Waals surface area contributed by atoms with Crippen molar-refractivity contribution in [2.45, 2.75) is 37.2 Å². The highest BCUT2D eigenvalue weighted by molar-refractivity contribution is 5.85. The van der Waals surface area contributed by atoms with Crippen molar-refractivity contribution in [1.29, 1.82) is 0 Å². The van der Waals surface area contributed by atoms with E-state index in [1.807, 2.05) is 0 Å². The molecule has 2 rings (SSSR count). The van der Waals surface area contributed by atoms with Crippen molar-refractivity contribution in [3.63, 3.8) is 0 Å². The van der Waals surface area contributed by atoms with Crippen LogP contribution in [0.3, 0.4) is 0 Å². The topological polar surface area (TPSA) is 84.9 Å². The number of nitrogens with two attached hydrogens (primary N) is 1. The summed E-state index contributed by atoms with van der Waals surface area (Å²) in [6.45, 7) is 0.420. The highest BCUT2D eigenvalue weighted by atomic mass is 35.5. The first kappa shape index (κ1) is 21.3. The molecule has 0 bridgehead atoms. The number of rotatable bonds is 7. The van der Waals surface area contributed by atoms with Crippen LogP contribution in [-0.4, -0.2) is 36.5 Å². The molecular weight excluding hydrogens is 354 g/mol. The maximum absolute atomic E-state index is 13.6. The van der Waals surface area contributed by atoms with E-state index in [0.717, 1.165) is 6.34 Å². The number of aliphatic hydroxyl groups is 1. The number of halogens is 3. The molecule has 1 aliphatic rings. The molecule has 5 nitrogen and oxygen atoms in total. The number of benzene rings is 1. The predicted molar refractivity (Wildman–Crippen MR) is 93.0 cm³/mol. The van der Waals surface area contributed by atoms with Crippen LogP contribution in [0.1, 0.15) is 31.2 Å². The second-order valence-corrected chi connectivity index (χ2v) is 5.97. The van der Waals surface area contributed by atoms with E-state index in [9.17, 15) is 18.7 Å². The van der Waals surface area contributed by atoms with Crippen LogP contribution in [0.4, 0.5) is 8.78 Å². The molecule has 0 spiro atoms. The number of aliphatic imine (C=N–C) groups is 1. The lowest BCUT2D eigenvalue weighted by Gasteiger charge is -2.32. The lowest BCUT2D eigenvalue weighted by atomic mass is 9.80. The normalized spacial score (nSPS) is 21.5. The second kappa shape index (κ2) is 9.10. The Morgan fingerprint density at radius 1 is 1.44 bits per heavy atom. The molecule has 1 aromatic rings. The minimum Gasteiger partial charge on any atom is -0.463 e. The minimum atomic E-state index is -2.87. The summed E-state index contributed by atoms with van der Waals surface area (Å²) >= 11 is 0. The smallest absolute Gasteiger partial charge is 0.343 e. The summed E-state index contributed by atoms with van der Waals surface area (Å²) in [6, 6.07) is 8.13. The Labute approximate surface area is 151 Å². The summed E-state index contributed by atoms with van der Waals surface area (Å²) in [5.74, 6) is -4.65. The van der Waals surface area contributed by atoms with E-state index >= 15 is 0 Å². The van der Waals surface area contributed by atoms with Crippen molar-refractivity contribution >= 4 is 24.7 Å². The zero-order valence-electron chi connectivity index (χ0n) is 13.7. The Kier molecular flexibility index (Phi) is 7.76. The van der Waals surface area contributed by atoms with Crippen molar-refractivity contribution in [3.05, 3.63) is 35.9 Å². The summed E-state index contributed by atoms with van der Waals surface area (Å²) in [7, 11) is 0. The van der Waals surface area contributed by atoms with E-state index in [1.165, 1.54) is 0 Å². The summed E-state index contributed by atoms with van der Waals surface area (Å²) in [4.78, 5) is 16.3. The van der Waals surface area contributed by atoms with Crippen LogP contribution < -0.4 is 5.73 Å². The quantitative estimate of drug-likeness (QED) is 0.331. The van der Waals surface area contributed by atoms with Crippen LogP contribution >= 0.6 is 12.4 Å². The summed E-state index contributed by atoms with van der Waals surface area (Å²) in [5, 5.41) is 11.0. The van der Waals surface area contributed by atoms with Crippen molar-refractivity contribution in [3.8, 4) is 0 Å². The van der Waals surface area contributed by atoms with Crippen molar-refractivity contribution in [2.24, 2.45) is 16.6 Å². The van der Waals surface area contributed by atoms with Crippen LogP contribution in [0, 0.1) is 5.92 Å². The molecule has 0 amide bonds. The van der Waals surface area contributed by atoms with Crippen LogP contribution in [0.15, 0.2) is 35.3 Å². The molecule has 0 aliphatic heterocycles. The van der Waals surface area contributed by atoms with Gasteiger partial charge in [-0.1, -0.05) is 30.3 Å². The summed E-state index contributed by atoms with van der Waals surface area (Å²) < 4.78 is 32.3. The van der Waals surface area contributed by atoms with E-state index in [4.69, 9.17) is 10.5 Å². The fraction of sp³-hybridized carbons (Fsp3) is 0.529. The fourth-order valence-electron chi connectivity index (χ4n) is 3.02. The first-order valence-corrected chi connectivity index (χ1v) is 7.93. The zero-order valence-corrected chi connectivity index (χ0v) is 14.6. The SMILES string of the molecule is Cl.NC=NCCCOC(=O)C(O)(c1ccccc1)C1CCC(F)(F)C1. The van der Waals surface area contributed by atoms with E-state index in [-0.39, 0.29) is 37.4 Å². The van der Waals surface area contributed by atoms with Gasteiger partial charge in [-0.05, 0) is 12.0 Å². The van der Waals surface area contributed by atoms with Gasteiger partial charge in [0.05, 0.1) is 12.9 Å². The van der Waals surface area contributed by atoms with Crippen molar-refractivity contribution in [2.75, 3.05) is 13.2 Å². The maximum Gasteiger partial charge on any atom is 0.343 e. The average Bonchev–Trinajstić information content (AvgIpc) is 2.95. The Morgan fingerprint density at radius 2 is 2.12 bits per heavy atom. The molecule has 0 saturated heterocycles. The average molecular weight is 377 g/mol. The molecule has 0 radical (unpaired) electrons. The largest absolute Gasteiger partial charge is 0.463 e. The molecule has 0 aromatic heterocycles. The number of hydrogen-bond donors (Lipinski definition) is 2. The number of alkyl halides is 2. The monoisotopic (exact) mass is 376 g/mol. The number of carbonyl (C=O) groups is 1. The molecule has 3 N–H and O–H groups in total. The van der Waals surface area contributed by atoms with Crippen molar-refractivity contribution < 1.29 is 23.4 Å². The standard InChI is InChI=1S/C17H22F2N2O3.ClH/c18-16(19)8-7-14(11-16)17(23,13-5-2-1-3-6-13)15(22)24-10-4-9-21-12-20;/h1-3,5-6,12,14,23H,4,7-11H2,(H2,20,21);1H. The van der Waals surface area contributed by atoms with Gasteiger partial charge in [-0.25, -0.2) is 13.6 Å². The third kappa shape index (κ3) is 5.12. The van der Waals surface area contributed by atoms with E-state index < -0.39 is 29.8 Å². The van der Waals surface area contributed by atoms with Crippen LogP contribution in [0.25, 0.3) is 0 Å². The molecule has 25 heavy (non-hydrogen) atoms. The number of ether oxygens (including phenoxy) is 1. The van der Waals surface area contributed by atoms with Gasteiger partial charge in [-0.15, -0.1) is 12.4 Å². The number of hydrogen-bond acceptors (Lipinski definition) is 4. The fourth-order valence-corrected chi connectivity index (χ4v) is 3.02. The highest BCUT2D eigenvalue weighted by Gasteiger charge is 2.54. The van der Waals surface area contributed by atoms with Gasteiger partial charge in [0.2, 0.25) is 5.92 Å². The predicted octanol–water partition coefficient (Wildman–Crippen LogP) is 2.65. The Bertz CT molecular complexity index is 587. The maximum atomic E-state index is 13.6. The highest BCUT2D eigenvalue weighted by Crippen LogP contribution is 2.47. The van der Waals surface area contributed by atoms with Crippen LogP contribution in [0.5, 0.6) is 0 Å². The number of carbonyl (C=O) groups excluding carboxylic acids is 1. The molecule has 1 fully saturated rings. The van der Waals surface area contributed by atoms with Gasteiger partial charge in [-0.2, -0.15) is 0 Å². The Balaban J connectivity index is 0.00000312. The molecule has 1 aliphatic carbocycles. The molecule has 2 unspecified atom stereocenters. The number of esters is 1. The second-order valence-electron chi connectivity index (χ2n) is 5.97. The van der Waals surface area contributed by atoms with Gasteiger partial charge in [0.25, 0.3) is 0 Å². The summed E-state index contributed by atoms with van der Waals surface area (Å²) in [6.07, 6.45) is 0.773. The van der Waals surface area contributed by atoms with E-state index in [2.05, 4.69) is 4.99 Å². The lowest BCUT2D eigenvalue weighted by molar-refractivity contribution is -0.174. The molecule has 1 aromatic carbocycles. The minimum absolute atomic E-state index is 0. The third-order valence-electron chi connectivity index (χ3n) is 4.29. The first-order chi connectivity index (χ1) is 11.4. The molecule has 140 valence electrons. The molecule has 2 atom stereocenters. The van der Waals surface area contributed by atoms with Crippen LogP contribution in [-0.2, 0) is 15.1 Å². The Hall–Kier alpha value is -1.73. The van der Waals surface area contributed by atoms with Gasteiger partial charge in [0.1, 0.15) is 0 Å². The summed E-state index contributed by atoms with van der Waals surface area (Å²) in [5.41, 5.74) is 3.32. The lowest BCUT2D eigenvalue weighted by Crippen LogP contribution is -2.44. The van der Waals surface area contributed by atoms with Gasteiger partial charge in [-0.3, -0.25) is 4.99 Å². The van der Waals surface area contributed by atoms with Crippen LogP contribution in [0.2, 0.25) is 0 Å². The van der Waals surface area contributed by atoms with Gasteiger partial charge in [0, 0.05) is 31.7 Å². The van der Waals surface area contributed by atoms with E-state index in [1.54, 1.807) is 30.3 Å². The van der Waals surface area contributed by atoms with E-state index in [0.29, 0.717) is 13.0 Å².